The van der Waals surface area contributed by atoms with Gasteiger partial charge in [0.2, 0.25) is 0 Å². The first-order valence-electron chi connectivity index (χ1n) is 6.90. The SMILES string of the molecule is CC/C(C)=C(\C#N)N1c2cc(C)ccc2C(=O)C1(C)C. The zero-order chi connectivity index (χ0) is 15.1. The van der Waals surface area contributed by atoms with E-state index < -0.39 is 5.54 Å². The quantitative estimate of drug-likeness (QED) is 0.762. The molecule has 2 rings (SSSR count). The lowest BCUT2D eigenvalue weighted by Crippen LogP contribution is -2.44. The average molecular weight is 268 g/mol. The molecule has 0 amide bonds. The maximum atomic E-state index is 12.6. The Morgan fingerprint density at radius 1 is 1.40 bits per heavy atom. The van der Waals surface area contributed by atoms with Gasteiger partial charge in [0.15, 0.2) is 5.78 Å². The van der Waals surface area contributed by atoms with Crippen molar-refractivity contribution in [3.8, 4) is 6.07 Å². The summed E-state index contributed by atoms with van der Waals surface area (Å²) in [5.74, 6) is 0.0733. The molecule has 1 aliphatic rings. The van der Waals surface area contributed by atoms with E-state index in [9.17, 15) is 10.1 Å². The van der Waals surface area contributed by atoms with Gasteiger partial charge >= 0.3 is 0 Å². The largest absolute Gasteiger partial charge is 0.319 e. The van der Waals surface area contributed by atoms with Crippen LogP contribution in [0.5, 0.6) is 0 Å². The fourth-order valence-electron chi connectivity index (χ4n) is 2.65. The van der Waals surface area contributed by atoms with E-state index in [4.69, 9.17) is 0 Å². The Balaban J connectivity index is 2.74. The summed E-state index contributed by atoms with van der Waals surface area (Å²) in [6.45, 7) is 9.73. The molecule has 0 radical (unpaired) electrons. The number of allylic oxidation sites excluding steroid dienone is 2. The number of carbonyl (C=O) groups is 1. The molecular formula is C17H20N2O. The third kappa shape index (κ3) is 1.92. The normalized spacial score (nSPS) is 17.6. The molecule has 1 aromatic carbocycles. The highest BCUT2D eigenvalue weighted by molar-refractivity contribution is 6.14. The summed E-state index contributed by atoms with van der Waals surface area (Å²) in [6.07, 6.45) is 0.796. The highest BCUT2D eigenvalue weighted by Gasteiger charge is 2.46. The molecule has 0 unspecified atom stereocenters. The van der Waals surface area contributed by atoms with Gasteiger partial charge in [-0.05, 0) is 57.4 Å². The van der Waals surface area contributed by atoms with Crippen molar-refractivity contribution in [3.63, 3.8) is 0 Å². The number of nitrogens with zero attached hydrogens (tertiary/aromatic N) is 2. The lowest BCUT2D eigenvalue weighted by Gasteiger charge is -2.32. The van der Waals surface area contributed by atoms with Crippen LogP contribution in [0.15, 0.2) is 29.5 Å². The molecular weight excluding hydrogens is 248 g/mol. The number of benzene rings is 1. The Hall–Kier alpha value is -2.08. The van der Waals surface area contributed by atoms with Crippen LogP contribution in [0.4, 0.5) is 5.69 Å². The number of Topliss-reactive ketones (excluding diaryl/α,β-unsaturated/α-hetero) is 1. The standard InChI is InChI=1S/C17H20N2O/c1-6-12(3)15(10-18)19-14-9-11(2)7-8-13(14)16(20)17(19,4)5/h7-9H,6H2,1-5H3/b15-12+. The van der Waals surface area contributed by atoms with Crippen molar-refractivity contribution >= 4 is 11.5 Å². The molecule has 1 heterocycles. The maximum Gasteiger partial charge on any atom is 0.190 e. The molecule has 104 valence electrons. The lowest BCUT2D eigenvalue weighted by molar-refractivity contribution is 0.0928. The van der Waals surface area contributed by atoms with E-state index in [0.717, 1.165) is 23.2 Å². The van der Waals surface area contributed by atoms with Crippen LogP contribution >= 0.6 is 0 Å². The van der Waals surface area contributed by atoms with Crippen LogP contribution < -0.4 is 4.90 Å². The van der Waals surface area contributed by atoms with Crippen molar-refractivity contribution in [1.29, 1.82) is 5.26 Å². The van der Waals surface area contributed by atoms with E-state index in [1.54, 1.807) is 0 Å². The van der Waals surface area contributed by atoms with Crippen molar-refractivity contribution in [2.24, 2.45) is 0 Å². The van der Waals surface area contributed by atoms with Gasteiger partial charge < -0.3 is 4.90 Å². The van der Waals surface area contributed by atoms with E-state index in [2.05, 4.69) is 6.07 Å². The molecule has 0 bridgehead atoms. The van der Waals surface area contributed by atoms with Gasteiger partial charge in [-0.25, -0.2) is 0 Å². The van der Waals surface area contributed by atoms with Gasteiger partial charge in [0.05, 0.1) is 5.69 Å². The monoisotopic (exact) mass is 268 g/mol. The number of anilines is 1. The van der Waals surface area contributed by atoms with E-state index in [1.807, 2.05) is 57.7 Å². The molecule has 3 nitrogen and oxygen atoms in total. The fourth-order valence-corrected chi connectivity index (χ4v) is 2.65. The summed E-state index contributed by atoms with van der Waals surface area (Å²) < 4.78 is 0. The van der Waals surface area contributed by atoms with Crippen LogP contribution in [0.3, 0.4) is 0 Å². The Bertz CT molecular complexity index is 647. The third-order valence-corrected chi connectivity index (χ3v) is 4.02. The number of nitriles is 1. The first-order valence-corrected chi connectivity index (χ1v) is 6.90. The highest BCUT2D eigenvalue weighted by atomic mass is 16.1. The fraction of sp³-hybridized carbons (Fsp3) is 0.412. The Kier molecular flexibility index (Phi) is 3.43. The minimum atomic E-state index is -0.711. The molecule has 0 aromatic heterocycles. The van der Waals surface area contributed by atoms with Crippen LogP contribution in [0.1, 0.15) is 50.0 Å². The number of fused-ring (bicyclic) bond motifs is 1. The van der Waals surface area contributed by atoms with Gasteiger partial charge in [0.1, 0.15) is 17.3 Å². The predicted octanol–water partition coefficient (Wildman–Crippen LogP) is 3.98. The molecule has 0 N–H and O–H groups in total. The summed E-state index contributed by atoms with van der Waals surface area (Å²) in [4.78, 5) is 14.5. The number of rotatable bonds is 2. The highest BCUT2D eigenvalue weighted by Crippen LogP contribution is 2.42. The van der Waals surface area contributed by atoms with Gasteiger partial charge in [-0.15, -0.1) is 0 Å². The van der Waals surface area contributed by atoms with Crippen LogP contribution in [0, 0.1) is 18.3 Å². The first kappa shape index (κ1) is 14.3. The predicted molar refractivity (Wildman–Crippen MR) is 80.7 cm³/mol. The molecule has 0 atom stereocenters. The zero-order valence-electron chi connectivity index (χ0n) is 12.7. The molecule has 1 aliphatic heterocycles. The topological polar surface area (TPSA) is 44.1 Å². The Morgan fingerprint density at radius 2 is 2.05 bits per heavy atom. The van der Waals surface area contributed by atoms with Crippen molar-refractivity contribution in [1.82, 2.24) is 0 Å². The van der Waals surface area contributed by atoms with E-state index in [1.165, 1.54) is 0 Å². The number of ketones is 1. The van der Waals surface area contributed by atoms with E-state index in [0.29, 0.717) is 11.3 Å². The van der Waals surface area contributed by atoms with Crippen LogP contribution in [0.25, 0.3) is 0 Å². The van der Waals surface area contributed by atoms with Crippen molar-refractivity contribution in [2.75, 3.05) is 4.90 Å². The molecule has 0 spiro atoms. The third-order valence-electron chi connectivity index (χ3n) is 4.02. The van der Waals surface area contributed by atoms with Gasteiger partial charge in [0.25, 0.3) is 0 Å². The second kappa shape index (κ2) is 4.79. The van der Waals surface area contributed by atoms with Crippen molar-refractivity contribution in [3.05, 3.63) is 40.6 Å². The summed E-state index contributed by atoms with van der Waals surface area (Å²) in [7, 11) is 0. The summed E-state index contributed by atoms with van der Waals surface area (Å²) in [6, 6.07) is 8.08. The second-order valence-corrected chi connectivity index (χ2v) is 5.84. The van der Waals surface area contributed by atoms with Crippen molar-refractivity contribution < 1.29 is 4.79 Å². The van der Waals surface area contributed by atoms with Crippen LogP contribution in [0.2, 0.25) is 0 Å². The molecule has 1 aromatic rings. The zero-order valence-corrected chi connectivity index (χ0v) is 12.7. The number of aryl methyl sites for hydroxylation is 1. The first-order chi connectivity index (χ1) is 9.34. The molecule has 0 aliphatic carbocycles. The summed E-state index contributed by atoms with van der Waals surface area (Å²) >= 11 is 0. The van der Waals surface area contributed by atoms with Crippen LogP contribution in [-0.4, -0.2) is 11.3 Å². The smallest absolute Gasteiger partial charge is 0.190 e. The van der Waals surface area contributed by atoms with Gasteiger partial charge in [-0.2, -0.15) is 5.26 Å². The number of carbonyl (C=O) groups excluding carboxylic acids is 1. The van der Waals surface area contributed by atoms with Gasteiger partial charge in [-0.3, -0.25) is 4.79 Å². The average Bonchev–Trinajstić information content (AvgIpc) is 2.60. The molecule has 20 heavy (non-hydrogen) atoms. The minimum absolute atomic E-state index is 0.0733. The van der Waals surface area contributed by atoms with Crippen LogP contribution in [-0.2, 0) is 0 Å². The lowest BCUT2D eigenvalue weighted by atomic mass is 9.96. The van der Waals surface area contributed by atoms with Gasteiger partial charge in [0, 0.05) is 5.56 Å². The molecule has 0 saturated carbocycles. The second-order valence-electron chi connectivity index (χ2n) is 5.84. The Morgan fingerprint density at radius 3 is 2.60 bits per heavy atom. The van der Waals surface area contributed by atoms with Crippen molar-refractivity contribution in [2.45, 2.75) is 46.6 Å². The molecule has 0 saturated heterocycles. The van der Waals surface area contributed by atoms with Gasteiger partial charge in [-0.1, -0.05) is 13.0 Å². The number of hydrogen-bond donors (Lipinski definition) is 0. The Labute approximate surface area is 120 Å². The summed E-state index contributed by atoms with van der Waals surface area (Å²) in [5.41, 5.74) is 3.53. The molecule has 0 fully saturated rings. The molecule has 3 heteroatoms. The number of hydrogen-bond acceptors (Lipinski definition) is 3. The maximum absolute atomic E-state index is 12.6. The van der Waals surface area contributed by atoms with E-state index in [-0.39, 0.29) is 5.78 Å². The minimum Gasteiger partial charge on any atom is -0.319 e. The van der Waals surface area contributed by atoms with E-state index >= 15 is 0 Å². The summed E-state index contributed by atoms with van der Waals surface area (Å²) in [5, 5.41) is 9.54.